The summed E-state index contributed by atoms with van der Waals surface area (Å²) in [4.78, 5) is 28.2. The first-order valence-electron chi connectivity index (χ1n) is 6.70. The van der Waals surface area contributed by atoms with Crippen LogP contribution in [0.15, 0.2) is 12.3 Å². The molecule has 0 aliphatic carbocycles. The van der Waals surface area contributed by atoms with Gasteiger partial charge in [0.1, 0.15) is 0 Å². The van der Waals surface area contributed by atoms with Gasteiger partial charge in [-0.3, -0.25) is 14.9 Å². The monoisotopic (exact) mass is 278 g/mol. The van der Waals surface area contributed by atoms with E-state index in [-0.39, 0.29) is 24.0 Å². The minimum Gasteiger partial charge on any atom is -0.355 e. The topological polar surface area (TPSA) is 88.4 Å². The highest BCUT2D eigenvalue weighted by Crippen LogP contribution is 2.22. The molecule has 7 nitrogen and oxygen atoms in total. The second kappa shape index (κ2) is 6.31. The van der Waals surface area contributed by atoms with E-state index in [2.05, 4.69) is 10.3 Å². The Balaban J connectivity index is 1.99. The van der Waals surface area contributed by atoms with E-state index in [1.165, 1.54) is 6.07 Å². The lowest BCUT2D eigenvalue weighted by molar-refractivity contribution is -0.384. The summed E-state index contributed by atoms with van der Waals surface area (Å²) in [5.41, 5.74) is 0.612. The first-order valence-corrected chi connectivity index (χ1v) is 6.70. The highest BCUT2D eigenvalue weighted by atomic mass is 16.6. The van der Waals surface area contributed by atoms with Gasteiger partial charge in [0.2, 0.25) is 11.7 Å². The van der Waals surface area contributed by atoms with E-state index in [1.807, 2.05) is 0 Å². The third kappa shape index (κ3) is 3.43. The number of anilines is 1. The minimum atomic E-state index is -0.492. The normalized spacial score (nSPS) is 14.9. The van der Waals surface area contributed by atoms with E-state index in [0.29, 0.717) is 5.56 Å². The number of nitrogens with zero attached hydrogens (tertiary/aromatic N) is 3. The minimum absolute atomic E-state index is 0.0386. The van der Waals surface area contributed by atoms with Crippen LogP contribution in [0.1, 0.15) is 24.8 Å². The average Bonchev–Trinajstić information content (AvgIpc) is 2.46. The van der Waals surface area contributed by atoms with Crippen molar-refractivity contribution in [2.75, 3.05) is 25.0 Å². The molecule has 1 amide bonds. The van der Waals surface area contributed by atoms with Gasteiger partial charge in [0, 0.05) is 25.4 Å². The molecule has 2 heterocycles. The molecule has 0 radical (unpaired) electrons. The number of carbonyl (C=O) groups is 1. The quantitative estimate of drug-likeness (QED) is 0.669. The summed E-state index contributed by atoms with van der Waals surface area (Å²) in [6.07, 6.45) is 4.74. The van der Waals surface area contributed by atoms with Crippen molar-refractivity contribution < 1.29 is 9.72 Å². The zero-order valence-electron chi connectivity index (χ0n) is 11.5. The molecule has 1 aliphatic heterocycles. The van der Waals surface area contributed by atoms with Crippen molar-refractivity contribution in [2.45, 2.75) is 26.2 Å². The Morgan fingerprint density at radius 1 is 1.45 bits per heavy atom. The maximum absolute atomic E-state index is 12.0. The van der Waals surface area contributed by atoms with Crippen LogP contribution < -0.4 is 5.32 Å². The Labute approximate surface area is 117 Å². The second-order valence-corrected chi connectivity index (χ2v) is 4.93. The number of piperidine rings is 1. The summed E-state index contributed by atoms with van der Waals surface area (Å²) in [5.74, 6) is 0.104. The van der Waals surface area contributed by atoms with Gasteiger partial charge in [-0.25, -0.2) is 4.98 Å². The number of carbonyl (C=O) groups excluding carboxylic acids is 1. The molecule has 0 atom stereocenters. The van der Waals surface area contributed by atoms with Crippen LogP contribution in [-0.4, -0.2) is 40.3 Å². The van der Waals surface area contributed by atoms with Crippen molar-refractivity contribution in [3.63, 3.8) is 0 Å². The average molecular weight is 278 g/mol. The number of aryl methyl sites for hydroxylation is 1. The molecule has 0 bridgehead atoms. The molecule has 0 saturated carbocycles. The predicted molar refractivity (Wildman–Crippen MR) is 74.5 cm³/mol. The molecule has 1 fully saturated rings. The Hall–Kier alpha value is -2.18. The summed E-state index contributed by atoms with van der Waals surface area (Å²) in [6, 6.07) is 1.45. The van der Waals surface area contributed by atoms with Gasteiger partial charge in [-0.15, -0.1) is 0 Å². The largest absolute Gasteiger partial charge is 0.355 e. The maximum atomic E-state index is 12.0. The molecule has 1 aromatic rings. The van der Waals surface area contributed by atoms with Gasteiger partial charge < -0.3 is 10.2 Å². The van der Waals surface area contributed by atoms with Crippen LogP contribution in [-0.2, 0) is 4.79 Å². The lowest BCUT2D eigenvalue weighted by Gasteiger charge is -2.26. The van der Waals surface area contributed by atoms with Gasteiger partial charge in [0.15, 0.2) is 0 Å². The fraction of sp³-hybridized carbons (Fsp3) is 0.538. The number of aromatic nitrogens is 1. The van der Waals surface area contributed by atoms with Crippen LogP contribution >= 0.6 is 0 Å². The molecule has 1 N–H and O–H groups in total. The van der Waals surface area contributed by atoms with E-state index in [4.69, 9.17) is 0 Å². The summed E-state index contributed by atoms with van der Waals surface area (Å²) in [5, 5.41) is 13.7. The lowest BCUT2D eigenvalue weighted by Crippen LogP contribution is -2.39. The van der Waals surface area contributed by atoms with Crippen LogP contribution in [0.5, 0.6) is 0 Å². The number of nitrogens with one attached hydrogen (secondary N) is 1. The third-order valence-electron chi connectivity index (χ3n) is 3.32. The van der Waals surface area contributed by atoms with Gasteiger partial charge in [0.05, 0.1) is 11.5 Å². The molecule has 0 aromatic carbocycles. The number of likely N-dealkylation sites (tertiary alicyclic amines) is 1. The predicted octanol–water partition coefficient (Wildman–Crippen LogP) is 1.72. The van der Waals surface area contributed by atoms with E-state index >= 15 is 0 Å². The first kappa shape index (κ1) is 14.2. The van der Waals surface area contributed by atoms with Crippen molar-refractivity contribution in [1.82, 2.24) is 9.88 Å². The van der Waals surface area contributed by atoms with Crippen LogP contribution in [0, 0.1) is 17.0 Å². The van der Waals surface area contributed by atoms with Gasteiger partial charge >= 0.3 is 5.69 Å². The molecule has 20 heavy (non-hydrogen) atoms. The highest BCUT2D eigenvalue weighted by molar-refractivity contribution is 5.81. The standard InChI is InChI=1S/C13H18N4O3/c1-10-7-11(17(19)20)13(14-8-10)15-9-12(18)16-5-3-2-4-6-16/h7-8H,2-6,9H2,1H3,(H,14,15). The van der Waals surface area contributed by atoms with Gasteiger partial charge in [-0.05, 0) is 31.7 Å². The molecular weight excluding hydrogens is 260 g/mol. The fourth-order valence-corrected chi connectivity index (χ4v) is 2.24. The first-order chi connectivity index (χ1) is 9.58. The lowest BCUT2D eigenvalue weighted by atomic mass is 10.1. The van der Waals surface area contributed by atoms with Crippen molar-refractivity contribution in [3.05, 3.63) is 27.9 Å². The molecule has 1 saturated heterocycles. The van der Waals surface area contributed by atoms with Crippen molar-refractivity contribution in [3.8, 4) is 0 Å². The zero-order valence-corrected chi connectivity index (χ0v) is 11.5. The molecule has 0 spiro atoms. The molecule has 0 unspecified atom stereocenters. The molecule has 1 aromatic heterocycles. The number of pyridine rings is 1. The van der Waals surface area contributed by atoms with E-state index in [0.717, 1.165) is 32.4 Å². The van der Waals surface area contributed by atoms with Crippen LogP contribution in [0.3, 0.4) is 0 Å². The maximum Gasteiger partial charge on any atom is 0.311 e. The Morgan fingerprint density at radius 3 is 2.80 bits per heavy atom. The molecule has 108 valence electrons. The van der Waals surface area contributed by atoms with Gasteiger partial charge in [-0.1, -0.05) is 0 Å². The van der Waals surface area contributed by atoms with Crippen LogP contribution in [0.2, 0.25) is 0 Å². The molecule has 7 heteroatoms. The molecule has 2 rings (SSSR count). The second-order valence-electron chi connectivity index (χ2n) is 4.93. The third-order valence-corrected chi connectivity index (χ3v) is 3.32. The Bertz CT molecular complexity index is 512. The summed E-state index contributed by atoms with van der Waals surface area (Å²) >= 11 is 0. The van der Waals surface area contributed by atoms with Crippen LogP contribution in [0.25, 0.3) is 0 Å². The smallest absolute Gasteiger partial charge is 0.311 e. The van der Waals surface area contributed by atoms with Crippen molar-refractivity contribution in [2.24, 2.45) is 0 Å². The summed E-state index contributed by atoms with van der Waals surface area (Å²) in [6.45, 7) is 3.31. The number of hydrogen-bond acceptors (Lipinski definition) is 5. The number of rotatable bonds is 4. The fourth-order valence-electron chi connectivity index (χ4n) is 2.24. The van der Waals surface area contributed by atoms with E-state index in [9.17, 15) is 14.9 Å². The number of hydrogen-bond donors (Lipinski definition) is 1. The zero-order chi connectivity index (χ0) is 14.5. The Kier molecular flexibility index (Phi) is 4.49. The Morgan fingerprint density at radius 2 is 2.15 bits per heavy atom. The van der Waals surface area contributed by atoms with Gasteiger partial charge in [0.25, 0.3) is 0 Å². The highest BCUT2D eigenvalue weighted by Gasteiger charge is 2.19. The van der Waals surface area contributed by atoms with Crippen molar-refractivity contribution in [1.29, 1.82) is 0 Å². The van der Waals surface area contributed by atoms with Gasteiger partial charge in [-0.2, -0.15) is 0 Å². The molecular formula is C13H18N4O3. The van der Waals surface area contributed by atoms with Crippen LogP contribution in [0.4, 0.5) is 11.5 Å². The summed E-state index contributed by atoms with van der Waals surface area (Å²) in [7, 11) is 0. The van der Waals surface area contributed by atoms with E-state index < -0.39 is 4.92 Å². The number of amides is 1. The molecule has 1 aliphatic rings. The SMILES string of the molecule is Cc1cnc(NCC(=O)N2CCCCC2)c([N+](=O)[O-])c1. The van der Waals surface area contributed by atoms with Crippen molar-refractivity contribution >= 4 is 17.4 Å². The van der Waals surface area contributed by atoms with E-state index in [1.54, 1.807) is 18.0 Å². The summed E-state index contributed by atoms with van der Waals surface area (Å²) < 4.78 is 0. The number of nitro groups is 1.